The van der Waals surface area contributed by atoms with Crippen LogP contribution in [0, 0.1) is 0 Å². The first-order chi connectivity index (χ1) is 9.28. The highest BCUT2D eigenvalue weighted by molar-refractivity contribution is 6.30. The molecule has 4 heteroatoms. The Morgan fingerprint density at radius 1 is 1.32 bits per heavy atom. The van der Waals surface area contributed by atoms with Crippen molar-refractivity contribution >= 4 is 11.6 Å². The van der Waals surface area contributed by atoms with Crippen molar-refractivity contribution in [3.05, 3.63) is 52.8 Å². The molecule has 0 aliphatic heterocycles. The number of halogens is 1. The number of aromatic nitrogens is 2. The number of nitrogens with one attached hydrogen (secondary N) is 1. The van der Waals surface area contributed by atoms with Gasteiger partial charge in [-0.3, -0.25) is 4.68 Å². The van der Waals surface area contributed by atoms with Gasteiger partial charge in [0.2, 0.25) is 0 Å². The van der Waals surface area contributed by atoms with Crippen molar-refractivity contribution in [1.29, 1.82) is 0 Å². The van der Waals surface area contributed by atoms with Crippen LogP contribution in [0.5, 0.6) is 0 Å². The van der Waals surface area contributed by atoms with E-state index in [1.54, 1.807) is 0 Å². The third kappa shape index (κ3) is 4.69. The highest BCUT2D eigenvalue weighted by atomic mass is 35.5. The summed E-state index contributed by atoms with van der Waals surface area (Å²) in [7, 11) is 0. The Morgan fingerprint density at radius 3 is 3.00 bits per heavy atom. The minimum atomic E-state index is 0.772. The third-order valence-electron chi connectivity index (χ3n) is 2.99. The minimum Gasteiger partial charge on any atom is -0.317 e. The van der Waals surface area contributed by atoms with Gasteiger partial charge in [-0.15, -0.1) is 0 Å². The van der Waals surface area contributed by atoms with Gasteiger partial charge in [0.1, 0.15) is 0 Å². The highest BCUT2D eigenvalue weighted by Gasteiger charge is 2.00. The van der Waals surface area contributed by atoms with E-state index >= 15 is 0 Å². The Balaban J connectivity index is 1.87. The van der Waals surface area contributed by atoms with E-state index in [2.05, 4.69) is 29.6 Å². The van der Waals surface area contributed by atoms with E-state index < -0.39 is 0 Å². The van der Waals surface area contributed by atoms with Gasteiger partial charge in [-0.25, -0.2) is 0 Å². The van der Waals surface area contributed by atoms with Crippen molar-refractivity contribution in [3.8, 4) is 0 Å². The maximum Gasteiger partial charge on any atom is 0.0659 e. The first-order valence-electron chi connectivity index (χ1n) is 6.74. The number of rotatable bonds is 7. The predicted molar refractivity (Wildman–Crippen MR) is 79.6 cm³/mol. The van der Waals surface area contributed by atoms with E-state index in [-0.39, 0.29) is 0 Å². The van der Waals surface area contributed by atoms with Crippen LogP contribution < -0.4 is 5.32 Å². The quantitative estimate of drug-likeness (QED) is 0.788. The molecule has 19 heavy (non-hydrogen) atoms. The van der Waals surface area contributed by atoms with Crippen LogP contribution >= 0.6 is 11.6 Å². The van der Waals surface area contributed by atoms with E-state index in [0.29, 0.717) is 0 Å². The van der Waals surface area contributed by atoms with Crippen molar-refractivity contribution in [2.45, 2.75) is 26.3 Å². The lowest BCUT2D eigenvalue weighted by molar-refractivity contribution is 0.669. The largest absolute Gasteiger partial charge is 0.317 e. The SMILES string of the molecule is CCNCCCc1cnn(Cc2cccc(Cl)c2)c1. The van der Waals surface area contributed by atoms with Gasteiger partial charge in [0.15, 0.2) is 0 Å². The average molecular weight is 278 g/mol. The Labute approximate surface area is 119 Å². The number of hydrogen-bond donors (Lipinski definition) is 1. The van der Waals surface area contributed by atoms with Crippen molar-refractivity contribution in [3.63, 3.8) is 0 Å². The fourth-order valence-corrected chi connectivity index (χ4v) is 2.25. The smallest absolute Gasteiger partial charge is 0.0659 e. The molecule has 3 nitrogen and oxygen atoms in total. The maximum atomic E-state index is 5.98. The van der Waals surface area contributed by atoms with Crippen LogP contribution in [-0.2, 0) is 13.0 Å². The van der Waals surface area contributed by atoms with Gasteiger partial charge in [0.25, 0.3) is 0 Å². The van der Waals surface area contributed by atoms with Gasteiger partial charge in [-0.1, -0.05) is 30.7 Å². The summed E-state index contributed by atoms with van der Waals surface area (Å²) in [4.78, 5) is 0. The van der Waals surface area contributed by atoms with Crippen LogP contribution in [-0.4, -0.2) is 22.9 Å². The van der Waals surface area contributed by atoms with E-state index in [1.165, 1.54) is 11.1 Å². The summed E-state index contributed by atoms with van der Waals surface area (Å²) < 4.78 is 1.97. The van der Waals surface area contributed by atoms with Crippen molar-refractivity contribution in [2.75, 3.05) is 13.1 Å². The van der Waals surface area contributed by atoms with Crippen LogP contribution in [0.25, 0.3) is 0 Å². The molecule has 102 valence electrons. The molecule has 0 aliphatic rings. The van der Waals surface area contributed by atoms with E-state index in [4.69, 9.17) is 11.6 Å². The zero-order valence-corrected chi connectivity index (χ0v) is 12.0. The Bertz CT molecular complexity index is 508. The second-order valence-corrected chi connectivity index (χ2v) is 5.07. The summed E-state index contributed by atoms with van der Waals surface area (Å²) in [6.45, 7) is 5.00. The lowest BCUT2D eigenvalue weighted by Gasteiger charge is -2.02. The summed E-state index contributed by atoms with van der Waals surface area (Å²) in [5.74, 6) is 0. The topological polar surface area (TPSA) is 29.9 Å². The average Bonchev–Trinajstić information content (AvgIpc) is 2.82. The molecule has 2 rings (SSSR count). The van der Waals surface area contributed by atoms with Crippen molar-refractivity contribution in [2.24, 2.45) is 0 Å². The van der Waals surface area contributed by atoms with Gasteiger partial charge in [-0.2, -0.15) is 5.10 Å². The van der Waals surface area contributed by atoms with Crippen molar-refractivity contribution in [1.82, 2.24) is 15.1 Å². The summed E-state index contributed by atoms with van der Waals surface area (Å²) in [6, 6.07) is 7.91. The molecule has 0 atom stereocenters. The fraction of sp³-hybridized carbons (Fsp3) is 0.400. The molecule has 1 aromatic heterocycles. The Kier molecular flexibility index (Phi) is 5.43. The zero-order chi connectivity index (χ0) is 13.5. The third-order valence-corrected chi connectivity index (χ3v) is 3.22. The molecule has 0 aliphatic carbocycles. The first-order valence-corrected chi connectivity index (χ1v) is 7.12. The Hall–Kier alpha value is -1.32. The second kappa shape index (κ2) is 7.31. The van der Waals surface area contributed by atoms with Crippen molar-refractivity contribution < 1.29 is 0 Å². The van der Waals surface area contributed by atoms with Crippen LogP contribution in [0.15, 0.2) is 36.7 Å². The van der Waals surface area contributed by atoms with Gasteiger partial charge in [-0.05, 0) is 49.2 Å². The molecular weight excluding hydrogens is 258 g/mol. The summed E-state index contributed by atoms with van der Waals surface area (Å²) >= 11 is 5.98. The molecule has 0 spiro atoms. The highest BCUT2D eigenvalue weighted by Crippen LogP contribution is 2.12. The van der Waals surface area contributed by atoms with Crippen LogP contribution in [0.2, 0.25) is 5.02 Å². The fourth-order valence-electron chi connectivity index (χ4n) is 2.04. The summed E-state index contributed by atoms with van der Waals surface area (Å²) in [5, 5.41) is 8.50. The number of nitrogens with zero attached hydrogens (tertiary/aromatic N) is 2. The molecular formula is C15H20ClN3. The number of aryl methyl sites for hydroxylation is 1. The lowest BCUT2D eigenvalue weighted by atomic mass is 10.2. The first kappa shape index (κ1) is 14.1. The summed E-state index contributed by atoms with van der Waals surface area (Å²) in [6.07, 6.45) is 6.29. The monoisotopic (exact) mass is 277 g/mol. The second-order valence-electron chi connectivity index (χ2n) is 4.63. The molecule has 0 saturated carbocycles. The van der Waals surface area contributed by atoms with Gasteiger partial charge < -0.3 is 5.32 Å². The van der Waals surface area contributed by atoms with Gasteiger partial charge in [0, 0.05) is 11.2 Å². The van der Waals surface area contributed by atoms with E-state index in [9.17, 15) is 0 Å². The van der Waals surface area contributed by atoms with E-state index in [0.717, 1.165) is 37.5 Å². The maximum absolute atomic E-state index is 5.98. The number of benzene rings is 1. The molecule has 0 saturated heterocycles. The van der Waals surface area contributed by atoms with Gasteiger partial charge in [0.05, 0.1) is 12.7 Å². The molecule has 0 fully saturated rings. The number of hydrogen-bond acceptors (Lipinski definition) is 2. The van der Waals surface area contributed by atoms with Crippen LogP contribution in [0.4, 0.5) is 0 Å². The molecule has 0 unspecified atom stereocenters. The summed E-state index contributed by atoms with van der Waals surface area (Å²) in [5.41, 5.74) is 2.47. The minimum absolute atomic E-state index is 0.772. The molecule has 0 radical (unpaired) electrons. The van der Waals surface area contributed by atoms with Crippen LogP contribution in [0.3, 0.4) is 0 Å². The normalized spacial score (nSPS) is 10.8. The molecule has 1 N–H and O–H groups in total. The molecule has 0 bridgehead atoms. The predicted octanol–water partition coefficient (Wildman–Crippen LogP) is 3.13. The lowest BCUT2D eigenvalue weighted by Crippen LogP contribution is -2.14. The molecule has 1 heterocycles. The van der Waals surface area contributed by atoms with Crippen LogP contribution in [0.1, 0.15) is 24.5 Å². The molecule has 1 aromatic carbocycles. The van der Waals surface area contributed by atoms with E-state index in [1.807, 2.05) is 29.1 Å². The van der Waals surface area contributed by atoms with Gasteiger partial charge >= 0.3 is 0 Å². The molecule has 2 aromatic rings. The zero-order valence-electron chi connectivity index (χ0n) is 11.3. The molecule has 0 amide bonds. The Morgan fingerprint density at radius 2 is 2.21 bits per heavy atom. The standard InChI is InChI=1S/C15H20ClN3/c1-2-17-8-4-6-14-10-18-19(12-14)11-13-5-3-7-15(16)9-13/h3,5,7,9-10,12,17H,2,4,6,8,11H2,1H3.